The molecule has 1 N–H and O–H groups in total. The number of piperidine rings is 1. The first-order valence-electron chi connectivity index (χ1n) is 6.89. The van der Waals surface area contributed by atoms with Crippen molar-refractivity contribution in [3.8, 4) is 0 Å². The molecule has 21 heavy (non-hydrogen) atoms. The third kappa shape index (κ3) is 3.44. The van der Waals surface area contributed by atoms with E-state index >= 15 is 0 Å². The van der Waals surface area contributed by atoms with Gasteiger partial charge in [-0.15, -0.1) is 0 Å². The second-order valence-corrected chi connectivity index (χ2v) is 5.39. The summed E-state index contributed by atoms with van der Waals surface area (Å²) >= 11 is 5.96. The van der Waals surface area contributed by atoms with Crippen molar-refractivity contribution in [1.29, 1.82) is 0 Å². The first kappa shape index (κ1) is 15.6. The van der Waals surface area contributed by atoms with Gasteiger partial charge in [-0.3, -0.25) is 4.79 Å². The molecule has 114 valence electrons. The van der Waals surface area contributed by atoms with E-state index in [-0.39, 0.29) is 23.1 Å². The van der Waals surface area contributed by atoms with Crippen LogP contribution in [0.4, 0.5) is 4.79 Å². The number of aromatic nitrogens is 1. The van der Waals surface area contributed by atoms with Gasteiger partial charge in [0.2, 0.25) is 0 Å². The molecule has 1 aromatic rings. The average molecular weight is 311 g/mol. The molecular formula is C14H19ClN4O2. The standard InChI is InChI=1S/C14H19ClN4O2/c1-16-14(21)18(2)10-5-8-19(9-6-10)13(20)11-4-3-7-17-12(11)15/h3-4,7,10H,5-6,8-9H2,1-2H3,(H,16,21). The zero-order chi connectivity index (χ0) is 15.4. The topological polar surface area (TPSA) is 65.5 Å². The molecule has 1 saturated heterocycles. The van der Waals surface area contributed by atoms with Crippen molar-refractivity contribution in [1.82, 2.24) is 20.1 Å². The number of urea groups is 1. The molecule has 7 heteroatoms. The summed E-state index contributed by atoms with van der Waals surface area (Å²) in [5.74, 6) is -0.103. The highest BCUT2D eigenvalue weighted by atomic mass is 35.5. The molecule has 3 amide bonds. The Morgan fingerprint density at radius 1 is 1.43 bits per heavy atom. The highest BCUT2D eigenvalue weighted by Crippen LogP contribution is 2.20. The van der Waals surface area contributed by atoms with Crippen LogP contribution in [0.25, 0.3) is 0 Å². The molecule has 0 aliphatic carbocycles. The zero-order valence-electron chi connectivity index (χ0n) is 12.2. The van der Waals surface area contributed by atoms with Gasteiger partial charge in [-0.25, -0.2) is 9.78 Å². The summed E-state index contributed by atoms with van der Waals surface area (Å²) in [7, 11) is 3.39. The third-order valence-corrected chi connectivity index (χ3v) is 4.12. The molecule has 0 bridgehead atoms. The van der Waals surface area contributed by atoms with Gasteiger partial charge in [0, 0.05) is 39.4 Å². The third-order valence-electron chi connectivity index (χ3n) is 3.82. The molecule has 1 aliphatic heterocycles. The summed E-state index contributed by atoms with van der Waals surface area (Å²) in [6, 6.07) is 3.43. The van der Waals surface area contributed by atoms with Crippen LogP contribution >= 0.6 is 11.6 Å². The van der Waals surface area contributed by atoms with E-state index in [1.54, 1.807) is 42.2 Å². The first-order valence-corrected chi connectivity index (χ1v) is 7.26. The number of hydrogen-bond acceptors (Lipinski definition) is 3. The molecule has 0 unspecified atom stereocenters. The number of halogens is 1. The molecule has 1 fully saturated rings. The van der Waals surface area contributed by atoms with Gasteiger partial charge in [0.15, 0.2) is 0 Å². The second-order valence-electron chi connectivity index (χ2n) is 5.03. The minimum absolute atomic E-state index is 0.102. The number of likely N-dealkylation sites (tertiary alicyclic amines) is 1. The number of carbonyl (C=O) groups is 2. The summed E-state index contributed by atoms with van der Waals surface area (Å²) in [5.41, 5.74) is 0.428. The Morgan fingerprint density at radius 3 is 2.67 bits per heavy atom. The van der Waals surface area contributed by atoms with Crippen molar-refractivity contribution >= 4 is 23.5 Å². The van der Waals surface area contributed by atoms with Crippen LogP contribution in [0.1, 0.15) is 23.2 Å². The quantitative estimate of drug-likeness (QED) is 0.844. The predicted molar refractivity (Wildman–Crippen MR) is 80.4 cm³/mol. The summed E-state index contributed by atoms with van der Waals surface area (Å²) in [6.45, 7) is 1.21. The van der Waals surface area contributed by atoms with Gasteiger partial charge in [-0.2, -0.15) is 0 Å². The Bertz CT molecular complexity index is 529. The fraction of sp³-hybridized carbons (Fsp3) is 0.500. The van der Waals surface area contributed by atoms with Crippen LogP contribution in [0, 0.1) is 0 Å². The molecule has 0 aromatic carbocycles. The molecule has 6 nitrogen and oxygen atoms in total. The van der Waals surface area contributed by atoms with Crippen molar-refractivity contribution < 1.29 is 9.59 Å². The maximum absolute atomic E-state index is 12.4. The lowest BCUT2D eigenvalue weighted by Gasteiger charge is -2.36. The van der Waals surface area contributed by atoms with Gasteiger partial charge < -0.3 is 15.1 Å². The zero-order valence-corrected chi connectivity index (χ0v) is 12.9. The van der Waals surface area contributed by atoms with E-state index in [0.29, 0.717) is 18.7 Å². The van der Waals surface area contributed by atoms with Crippen molar-refractivity contribution in [3.05, 3.63) is 29.0 Å². The monoisotopic (exact) mass is 310 g/mol. The molecular weight excluding hydrogens is 292 g/mol. The largest absolute Gasteiger partial charge is 0.341 e. The van der Waals surface area contributed by atoms with Gasteiger partial charge in [0.25, 0.3) is 5.91 Å². The fourth-order valence-corrected chi connectivity index (χ4v) is 2.71. The molecule has 0 saturated carbocycles. The molecule has 1 aromatic heterocycles. The number of nitrogens with zero attached hydrogens (tertiary/aromatic N) is 3. The van der Waals surface area contributed by atoms with Gasteiger partial charge in [-0.05, 0) is 25.0 Å². The normalized spacial score (nSPS) is 15.7. The van der Waals surface area contributed by atoms with Crippen molar-refractivity contribution in [3.63, 3.8) is 0 Å². The highest BCUT2D eigenvalue weighted by molar-refractivity contribution is 6.32. The Kier molecular flexibility index (Phi) is 5.01. The van der Waals surface area contributed by atoms with Gasteiger partial charge in [0.1, 0.15) is 5.15 Å². The maximum Gasteiger partial charge on any atom is 0.317 e. The minimum atomic E-state index is -0.103. The number of nitrogens with one attached hydrogen (secondary N) is 1. The molecule has 0 atom stereocenters. The van der Waals surface area contributed by atoms with Crippen LogP contribution in [-0.2, 0) is 0 Å². The van der Waals surface area contributed by atoms with E-state index in [0.717, 1.165) is 12.8 Å². The van der Waals surface area contributed by atoms with E-state index in [4.69, 9.17) is 11.6 Å². The molecule has 2 heterocycles. The fourth-order valence-electron chi connectivity index (χ4n) is 2.51. The predicted octanol–water partition coefficient (Wildman–Crippen LogP) is 1.61. The first-order chi connectivity index (χ1) is 10.0. The number of amides is 3. The van der Waals surface area contributed by atoms with Crippen LogP contribution in [0.2, 0.25) is 5.15 Å². The van der Waals surface area contributed by atoms with E-state index in [9.17, 15) is 9.59 Å². The van der Waals surface area contributed by atoms with E-state index in [1.807, 2.05) is 0 Å². The highest BCUT2D eigenvalue weighted by Gasteiger charge is 2.28. The van der Waals surface area contributed by atoms with Crippen LogP contribution in [0.3, 0.4) is 0 Å². The summed E-state index contributed by atoms with van der Waals surface area (Å²) < 4.78 is 0. The van der Waals surface area contributed by atoms with Gasteiger partial charge >= 0.3 is 6.03 Å². The van der Waals surface area contributed by atoms with Crippen molar-refractivity contribution in [2.24, 2.45) is 0 Å². The lowest BCUT2D eigenvalue weighted by molar-refractivity contribution is 0.0668. The van der Waals surface area contributed by atoms with Crippen LogP contribution in [-0.4, -0.2) is 59.9 Å². The molecule has 1 aliphatic rings. The maximum atomic E-state index is 12.4. The smallest absolute Gasteiger partial charge is 0.317 e. The number of hydrogen-bond donors (Lipinski definition) is 1. The Morgan fingerprint density at radius 2 is 2.10 bits per heavy atom. The van der Waals surface area contributed by atoms with E-state index in [1.165, 1.54) is 0 Å². The second kappa shape index (κ2) is 6.76. The molecule has 2 rings (SSSR count). The van der Waals surface area contributed by atoms with E-state index in [2.05, 4.69) is 10.3 Å². The number of rotatable bonds is 2. The number of pyridine rings is 1. The SMILES string of the molecule is CNC(=O)N(C)C1CCN(C(=O)c2cccnc2Cl)CC1. The molecule has 0 radical (unpaired) electrons. The minimum Gasteiger partial charge on any atom is -0.341 e. The van der Waals surface area contributed by atoms with Gasteiger partial charge in [0.05, 0.1) is 5.56 Å². The Balaban J connectivity index is 1.97. The Hall–Kier alpha value is -1.82. The van der Waals surface area contributed by atoms with Crippen LogP contribution in [0.5, 0.6) is 0 Å². The van der Waals surface area contributed by atoms with Crippen LogP contribution < -0.4 is 5.32 Å². The lowest BCUT2D eigenvalue weighted by atomic mass is 10.0. The summed E-state index contributed by atoms with van der Waals surface area (Å²) in [4.78, 5) is 31.4. The lowest BCUT2D eigenvalue weighted by Crippen LogP contribution is -2.49. The van der Waals surface area contributed by atoms with Crippen molar-refractivity contribution in [2.75, 3.05) is 27.2 Å². The van der Waals surface area contributed by atoms with Gasteiger partial charge in [-0.1, -0.05) is 11.6 Å². The Labute approximate surface area is 129 Å². The van der Waals surface area contributed by atoms with E-state index < -0.39 is 0 Å². The summed E-state index contributed by atoms with van der Waals surface area (Å²) in [6.07, 6.45) is 3.07. The van der Waals surface area contributed by atoms with Crippen LogP contribution in [0.15, 0.2) is 18.3 Å². The molecule has 0 spiro atoms. The number of carbonyl (C=O) groups excluding carboxylic acids is 2. The average Bonchev–Trinajstić information content (AvgIpc) is 2.53. The summed E-state index contributed by atoms with van der Waals surface area (Å²) in [5, 5.41) is 2.84. The van der Waals surface area contributed by atoms with Crippen molar-refractivity contribution in [2.45, 2.75) is 18.9 Å².